The van der Waals surface area contributed by atoms with Crippen LogP contribution >= 0.6 is 22.6 Å². The maximum atomic E-state index is 13.3. The van der Waals surface area contributed by atoms with Gasteiger partial charge in [-0.05, 0) is 72.2 Å². The molecular formula is C26H48IN3O6Si2. The van der Waals surface area contributed by atoms with E-state index < -0.39 is 40.7 Å². The molecule has 218 valence electrons. The molecule has 0 saturated carbocycles. The molecule has 1 aliphatic rings. The summed E-state index contributed by atoms with van der Waals surface area (Å²) in [6.07, 6.45) is 0.869. The van der Waals surface area contributed by atoms with E-state index in [9.17, 15) is 9.59 Å². The lowest BCUT2D eigenvalue weighted by molar-refractivity contribution is -0.0311. The Balaban J connectivity index is 2.47. The first-order valence-electron chi connectivity index (χ1n) is 13.5. The number of rotatable bonds is 9. The van der Waals surface area contributed by atoms with Crippen molar-refractivity contribution in [2.75, 3.05) is 11.9 Å². The van der Waals surface area contributed by atoms with Crippen molar-refractivity contribution in [2.24, 2.45) is 0 Å². The van der Waals surface area contributed by atoms with Crippen molar-refractivity contribution in [1.82, 2.24) is 9.55 Å². The third kappa shape index (κ3) is 7.90. The molecule has 4 atom stereocenters. The fraction of sp³-hybridized carbons (Fsp3) is 0.808. The lowest BCUT2D eigenvalue weighted by Crippen LogP contribution is -2.53. The Morgan fingerprint density at radius 1 is 1.08 bits per heavy atom. The SMILES string of the molecule is CCCCOC(=O)Nc1nc(=O)n([C@@H]2O[C@H](C)[C@@H](O[Si](C)(C)C(C)(C)C)[C@H]2O[Si](C)(C)C(C)(C)C)cc1I. The number of halogens is 1. The van der Waals surface area contributed by atoms with E-state index in [1.165, 1.54) is 4.57 Å². The van der Waals surface area contributed by atoms with Gasteiger partial charge in [0.2, 0.25) is 0 Å². The monoisotopic (exact) mass is 681 g/mol. The molecular weight excluding hydrogens is 633 g/mol. The zero-order valence-corrected chi connectivity index (χ0v) is 29.4. The van der Waals surface area contributed by atoms with Crippen molar-refractivity contribution in [3.05, 3.63) is 20.3 Å². The van der Waals surface area contributed by atoms with Gasteiger partial charge in [-0.1, -0.05) is 54.9 Å². The van der Waals surface area contributed by atoms with Crippen molar-refractivity contribution < 1.29 is 23.1 Å². The lowest BCUT2D eigenvalue weighted by Gasteiger charge is -2.44. The Morgan fingerprint density at radius 2 is 1.61 bits per heavy atom. The lowest BCUT2D eigenvalue weighted by atomic mass is 10.1. The van der Waals surface area contributed by atoms with Crippen LogP contribution in [0.4, 0.5) is 10.6 Å². The molecule has 1 amide bonds. The minimum absolute atomic E-state index is 0.000837. The highest BCUT2D eigenvalue weighted by molar-refractivity contribution is 14.1. The first-order valence-corrected chi connectivity index (χ1v) is 20.3. The van der Waals surface area contributed by atoms with Gasteiger partial charge < -0.3 is 18.3 Å². The molecule has 0 bridgehead atoms. The summed E-state index contributed by atoms with van der Waals surface area (Å²) in [6.45, 7) is 26.3. The van der Waals surface area contributed by atoms with Crippen LogP contribution in [0.25, 0.3) is 0 Å². The second-order valence-electron chi connectivity index (χ2n) is 13.2. The molecule has 2 heterocycles. The molecule has 0 aliphatic carbocycles. The predicted octanol–water partition coefficient (Wildman–Crippen LogP) is 6.89. The van der Waals surface area contributed by atoms with Crippen LogP contribution in [0.2, 0.25) is 36.3 Å². The molecule has 12 heteroatoms. The fourth-order valence-electron chi connectivity index (χ4n) is 3.51. The number of unbranched alkanes of at least 4 members (excludes halogenated alkanes) is 1. The van der Waals surface area contributed by atoms with E-state index in [0.29, 0.717) is 10.2 Å². The fourth-order valence-corrected chi connectivity index (χ4v) is 6.71. The zero-order valence-electron chi connectivity index (χ0n) is 25.2. The number of ether oxygens (including phenoxy) is 2. The molecule has 1 aliphatic heterocycles. The third-order valence-electron chi connectivity index (χ3n) is 8.03. The summed E-state index contributed by atoms with van der Waals surface area (Å²) in [5.74, 6) is 0.162. The number of nitrogens with zero attached hydrogens (tertiary/aromatic N) is 2. The summed E-state index contributed by atoms with van der Waals surface area (Å²) in [4.78, 5) is 29.6. The second kappa shape index (κ2) is 12.4. The number of hydrogen-bond donors (Lipinski definition) is 1. The molecule has 1 saturated heterocycles. The van der Waals surface area contributed by atoms with Gasteiger partial charge in [0.1, 0.15) is 12.2 Å². The molecule has 1 N–H and O–H groups in total. The molecule has 1 aromatic rings. The van der Waals surface area contributed by atoms with Gasteiger partial charge in [0.25, 0.3) is 0 Å². The maximum Gasteiger partial charge on any atom is 0.412 e. The van der Waals surface area contributed by atoms with E-state index in [2.05, 4.69) is 101 Å². The van der Waals surface area contributed by atoms with Crippen LogP contribution in [0.5, 0.6) is 0 Å². The van der Waals surface area contributed by atoms with Gasteiger partial charge in [-0.25, -0.2) is 9.59 Å². The summed E-state index contributed by atoms with van der Waals surface area (Å²) in [7, 11) is -4.45. The third-order valence-corrected chi connectivity index (χ3v) is 17.8. The first kappa shape index (κ1) is 33.4. The number of aromatic nitrogens is 2. The van der Waals surface area contributed by atoms with Gasteiger partial charge in [-0.15, -0.1) is 0 Å². The van der Waals surface area contributed by atoms with Crippen molar-refractivity contribution in [3.8, 4) is 0 Å². The molecule has 0 radical (unpaired) electrons. The number of anilines is 1. The van der Waals surface area contributed by atoms with Crippen molar-refractivity contribution in [3.63, 3.8) is 0 Å². The van der Waals surface area contributed by atoms with Crippen LogP contribution in [0.1, 0.15) is 74.5 Å². The van der Waals surface area contributed by atoms with Crippen LogP contribution in [0.3, 0.4) is 0 Å². The van der Waals surface area contributed by atoms with Crippen LogP contribution in [-0.4, -0.2) is 57.2 Å². The van der Waals surface area contributed by atoms with Crippen molar-refractivity contribution >= 4 is 51.1 Å². The minimum Gasteiger partial charge on any atom is -0.449 e. The van der Waals surface area contributed by atoms with E-state index in [4.69, 9.17) is 18.3 Å². The quantitative estimate of drug-likeness (QED) is 0.172. The number of amides is 1. The second-order valence-corrected chi connectivity index (χ2v) is 23.8. The number of carbonyl (C=O) groups excluding carboxylic acids is 1. The summed E-state index contributed by atoms with van der Waals surface area (Å²) < 4.78 is 27.5. The van der Waals surface area contributed by atoms with Gasteiger partial charge in [-0.3, -0.25) is 9.88 Å². The minimum atomic E-state index is -2.27. The molecule has 1 aromatic heterocycles. The molecule has 1 fully saturated rings. The Kier molecular flexibility index (Phi) is 10.9. The normalized spacial score (nSPS) is 23.0. The van der Waals surface area contributed by atoms with E-state index in [1.54, 1.807) is 6.20 Å². The molecule has 38 heavy (non-hydrogen) atoms. The van der Waals surface area contributed by atoms with Crippen LogP contribution in [-0.2, 0) is 18.3 Å². The Labute approximate surface area is 244 Å². The van der Waals surface area contributed by atoms with Gasteiger partial charge in [0.05, 0.1) is 16.3 Å². The van der Waals surface area contributed by atoms with Gasteiger partial charge in [-0.2, -0.15) is 4.98 Å². The van der Waals surface area contributed by atoms with Crippen LogP contribution < -0.4 is 11.0 Å². The van der Waals surface area contributed by atoms with Crippen LogP contribution in [0, 0.1) is 3.57 Å². The predicted molar refractivity (Wildman–Crippen MR) is 165 cm³/mol. The first-order chi connectivity index (χ1) is 17.2. The largest absolute Gasteiger partial charge is 0.449 e. The molecule has 0 unspecified atom stereocenters. The van der Waals surface area contributed by atoms with E-state index >= 15 is 0 Å². The average molecular weight is 682 g/mol. The van der Waals surface area contributed by atoms with Crippen molar-refractivity contribution in [2.45, 2.75) is 129 Å². The van der Waals surface area contributed by atoms with Crippen LogP contribution in [0.15, 0.2) is 11.0 Å². The molecule has 0 aromatic carbocycles. The molecule has 0 spiro atoms. The average Bonchev–Trinajstić information content (AvgIpc) is 3.03. The Hall–Kier alpha value is -0.806. The maximum absolute atomic E-state index is 13.3. The highest BCUT2D eigenvalue weighted by atomic mass is 127. The van der Waals surface area contributed by atoms with Gasteiger partial charge in [0.15, 0.2) is 28.7 Å². The summed E-state index contributed by atoms with van der Waals surface area (Å²) in [5.41, 5.74) is -0.539. The van der Waals surface area contributed by atoms with Gasteiger partial charge in [0, 0.05) is 6.20 Å². The number of nitrogens with one attached hydrogen (secondary N) is 1. The highest BCUT2D eigenvalue weighted by Gasteiger charge is 2.53. The Morgan fingerprint density at radius 3 is 2.11 bits per heavy atom. The molecule has 2 rings (SSSR count). The van der Waals surface area contributed by atoms with Crippen molar-refractivity contribution in [1.29, 1.82) is 0 Å². The number of hydrogen-bond acceptors (Lipinski definition) is 7. The standard InChI is InChI=1S/C26H48IN3O6Si2/c1-13-14-15-33-24(32)29-21-18(27)16-30(23(31)28-21)22-20(36-38(11,12)26(6,7)8)19(17(2)34-22)35-37(9,10)25(3,4)5/h16-17,19-20,22H,13-15H2,1-12H3,(H,28,29,31,32)/t17-,19-,20-,22-/m1/s1. The van der Waals surface area contributed by atoms with E-state index in [-0.39, 0.29) is 28.1 Å². The summed E-state index contributed by atoms with van der Waals surface area (Å²) >= 11 is 2.05. The van der Waals surface area contributed by atoms with E-state index in [0.717, 1.165) is 12.8 Å². The smallest absolute Gasteiger partial charge is 0.412 e. The summed E-state index contributed by atoms with van der Waals surface area (Å²) in [6, 6.07) is 0. The molecule has 9 nitrogen and oxygen atoms in total. The summed E-state index contributed by atoms with van der Waals surface area (Å²) in [5, 5.41) is 2.54. The Bertz CT molecular complexity index is 1040. The topological polar surface area (TPSA) is 101 Å². The zero-order chi connectivity index (χ0) is 29.3. The highest BCUT2D eigenvalue weighted by Crippen LogP contribution is 2.45. The van der Waals surface area contributed by atoms with Gasteiger partial charge >= 0.3 is 11.8 Å². The number of carbonyl (C=O) groups is 1. The van der Waals surface area contributed by atoms with E-state index in [1.807, 2.05) is 13.8 Å².